The number of nitrogens with zero attached hydrogens (tertiary/aromatic N) is 1. The maximum atomic E-state index is 12.3. The molecule has 2 unspecified atom stereocenters. The van der Waals surface area contributed by atoms with Gasteiger partial charge in [-0.1, -0.05) is 6.92 Å². The smallest absolute Gasteiger partial charge is 0.230 e. The van der Waals surface area contributed by atoms with Crippen LogP contribution in [0.4, 0.5) is 0 Å². The highest BCUT2D eigenvalue weighted by molar-refractivity contribution is 5.86. The van der Waals surface area contributed by atoms with Gasteiger partial charge in [-0.05, 0) is 38.5 Å². The summed E-state index contributed by atoms with van der Waals surface area (Å²) in [6.07, 6.45) is 4.40. The van der Waals surface area contributed by atoms with E-state index in [0.717, 1.165) is 25.8 Å². The molecule has 0 radical (unpaired) electrons. The molecule has 2 aliphatic rings. The van der Waals surface area contributed by atoms with Crippen molar-refractivity contribution in [2.45, 2.75) is 45.6 Å². The van der Waals surface area contributed by atoms with Crippen molar-refractivity contribution in [1.29, 1.82) is 0 Å². The van der Waals surface area contributed by atoms with Crippen LogP contribution in [0.3, 0.4) is 0 Å². The second-order valence-corrected chi connectivity index (χ2v) is 5.47. The summed E-state index contributed by atoms with van der Waals surface area (Å²) in [4.78, 5) is 14.4. The molecular formula is C12H22N2O. The number of piperidine rings is 1. The van der Waals surface area contributed by atoms with Crippen molar-refractivity contribution in [2.24, 2.45) is 17.1 Å². The molecule has 2 atom stereocenters. The summed E-state index contributed by atoms with van der Waals surface area (Å²) in [5.74, 6) is 0.975. The lowest BCUT2D eigenvalue weighted by Crippen LogP contribution is -2.49. The van der Waals surface area contributed by atoms with Crippen molar-refractivity contribution < 1.29 is 4.79 Å². The van der Waals surface area contributed by atoms with Crippen LogP contribution in [0.5, 0.6) is 0 Å². The van der Waals surface area contributed by atoms with Crippen LogP contribution in [0.2, 0.25) is 0 Å². The van der Waals surface area contributed by atoms with Gasteiger partial charge in [-0.25, -0.2) is 0 Å². The molecule has 2 rings (SSSR count). The largest absolute Gasteiger partial charge is 0.339 e. The maximum absolute atomic E-state index is 12.3. The zero-order chi connectivity index (χ0) is 11.1. The van der Waals surface area contributed by atoms with Gasteiger partial charge in [0.15, 0.2) is 0 Å². The maximum Gasteiger partial charge on any atom is 0.230 e. The second-order valence-electron chi connectivity index (χ2n) is 5.47. The number of carbonyl (C=O) groups is 1. The summed E-state index contributed by atoms with van der Waals surface area (Å²) in [6.45, 7) is 5.86. The number of rotatable bonds is 2. The Bertz CT molecular complexity index is 260. The van der Waals surface area contributed by atoms with Crippen molar-refractivity contribution in [3.8, 4) is 0 Å². The quantitative estimate of drug-likeness (QED) is 0.748. The van der Waals surface area contributed by atoms with Gasteiger partial charge >= 0.3 is 0 Å². The zero-order valence-electron chi connectivity index (χ0n) is 9.83. The van der Waals surface area contributed by atoms with Crippen LogP contribution in [0.1, 0.15) is 39.5 Å². The normalized spacial score (nSPS) is 33.9. The Balaban J connectivity index is 2.05. The van der Waals surface area contributed by atoms with Gasteiger partial charge in [0.05, 0.1) is 5.41 Å². The third kappa shape index (κ3) is 1.89. The summed E-state index contributed by atoms with van der Waals surface area (Å²) >= 11 is 0. The highest BCUT2D eigenvalue weighted by Crippen LogP contribution is 2.47. The molecule has 15 heavy (non-hydrogen) atoms. The Morgan fingerprint density at radius 1 is 1.40 bits per heavy atom. The fourth-order valence-corrected chi connectivity index (χ4v) is 2.53. The van der Waals surface area contributed by atoms with Gasteiger partial charge in [-0.15, -0.1) is 0 Å². The molecule has 2 N–H and O–H groups in total. The summed E-state index contributed by atoms with van der Waals surface area (Å²) in [5, 5.41) is 0. The van der Waals surface area contributed by atoms with E-state index in [1.165, 1.54) is 6.42 Å². The second kappa shape index (κ2) is 3.78. The lowest BCUT2D eigenvalue weighted by Gasteiger charge is -2.38. The van der Waals surface area contributed by atoms with Crippen molar-refractivity contribution >= 4 is 5.91 Å². The molecule has 1 saturated heterocycles. The molecule has 1 heterocycles. The van der Waals surface area contributed by atoms with E-state index >= 15 is 0 Å². The lowest BCUT2D eigenvalue weighted by molar-refractivity contribution is -0.141. The molecule has 0 bridgehead atoms. The van der Waals surface area contributed by atoms with Gasteiger partial charge in [0.25, 0.3) is 0 Å². The Morgan fingerprint density at radius 2 is 2.07 bits per heavy atom. The molecule has 0 aromatic heterocycles. The average molecular weight is 210 g/mol. The van der Waals surface area contributed by atoms with Crippen LogP contribution in [0, 0.1) is 11.3 Å². The fraction of sp³-hybridized carbons (Fsp3) is 0.917. The van der Waals surface area contributed by atoms with Gasteiger partial charge in [0.2, 0.25) is 5.91 Å². The van der Waals surface area contributed by atoms with E-state index < -0.39 is 0 Å². The van der Waals surface area contributed by atoms with E-state index in [2.05, 4.69) is 18.7 Å². The summed E-state index contributed by atoms with van der Waals surface area (Å²) in [7, 11) is 0. The molecule has 86 valence electrons. The first-order valence-electron chi connectivity index (χ1n) is 6.10. The minimum atomic E-state index is -0.161. The molecular weight excluding hydrogens is 188 g/mol. The third-order valence-electron chi connectivity index (χ3n) is 4.08. The Hall–Kier alpha value is -0.570. The molecule has 0 aromatic rings. The molecule has 2 fully saturated rings. The predicted molar refractivity (Wildman–Crippen MR) is 60.3 cm³/mol. The highest BCUT2D eigenvalue weighted by atomic mass is 16.2. The standard InChI is InChI=1S/C12H22N2O/c1-9-3-4-10(2)14(7-9)11(15)12(8-13)5-6-12/h9-10H,3-8,13H2,1-2H3. The van der Waals surface area contributed by atoms with E-state index in [9.17, 15) is 4.79 Å². The van der Waals surface area contributed by atoms with Crippen LogP contribution >= 0.6 is 0 Å². The SMILES string of the molecule is CC1CCC(C)N(C(=O)C2(CN)CC2)C1. The van der Waals surface area contributed by atoms with Crippen molar-refractivity contribution in [2.75, 3.05) is 13.1 Å². The third-order valence-corrected chi connectivity index (χ3v) is 4.08. The van der Waals surface area contributed by atoms with Gasteiger partial charge < -0.3 is 10.6 Å². The van der Waals surface area contributed by atoms with E-state index in [4.69, 9.17) is 5.73 Å². The first-order chi connectivity index (χ1) is 7.09. The van der Waals surface area contributed by atoms with Crippen LogP contribution in [-0.2, 0) is 4.79 Å². The molecule has 1 aliphatic carbocycles. The van der Waals surface area contributed by atoms with E-state index in [0.29, 0.717) is 24.4 Å². The molecule has 1 aliphatic heterocycles. The van der Waals surface area contributed by atoms with E-state index in [1.54, 1.807) is 0 Å². The van der Waals surface area contributed by atoms with Crippen molar-refractivity contribution in [1.82, 2.24) is 4.90 Å². The molecule has 3 nitrogen and oxygen atoms in total. The number of likely N-dealkylation sites (tertiary alicyclic amines) is 1. The van der Waals surface area contributed by atoms with Crippen molar-refractivity contribution in [3.05, 3.63) is 0 Å². The molecule has 3 heteroatoms. The van der Waals surface area contributed by atoms with Gasteiger partial charge in [-0.2, -0.15) is 0 Å². The summed E-state index contributed by atoms with van der Waals surface area (Å²) in [6, 6.07) is 0.415. The average Bonchev–Trinajstić information content (AvgIpc) is 3.01. The van der Waals surface area contributed by atoms with Crippen LogP contribution in [0.25, 0.3) is 0 Å². The summed E-state index contributed by atoms with van der Waals surface area (Å²) < 4.78 is 0. The van der Waals surface area contributed by atoms with E-state index in [-0.39, 0.29) is 5.41 Å². The van der Waals surface area contributed by atoms with Gasteiger partial charge in [0.1, 0.15) is 0 Å². The minimum absolute atomic E-state index is 0.161. The topological polar surface area (TPSA) is 46.3 Å². The Kier molecular flexibility index (Phi) is 2.75. The van der Waals surface area contributed by atoms with Crippen LogP contribution in [-0.4, -0.2) is 29.9 Å². The zero-order valence-corrected chi connectivity index (χ0v) is 9.83. The number of nitrogens with two attached hydrogens (primary N) is 1. The van der Waals surface area contributed by atoms with Crippen LogP contribution in [0.15, 0.2) is 0 Å². The predicted octanol–water partition coefficient (Wildman–Crippen LogP) is 1.37. The Morgan fingerprint density at radius 3 is 2.60 bits per heavy atom. The monoisotopic (exact) mass is 210 g/mol. The molecule has 0 aromatic carbocycles. The highest BCUT2D eigenvalue weighted by Gasteiger charge is 2.51. The number of hydrogen-bond donors (Lipinski definition) is 1. The molecule has 0 spiro atoms. The number of amides is 1. The van der Waals surface area contributed by atoms with Crippen LogP contribution < -0.4 is 5.73 Å². The number of hydrogen-bond acceptors (Lipinski definition) is 2. The lowest BCUT2D eigenvalue weighted by atomic mass is 9.93. The number of carbonyl (C=O) groups excluding carboxylic acids is 1. The van der Waals surface area contributed by atoms with E-state index in [1.807, 2.05) is 0 Å². The Labute approximate surface area is 92.0 Å². The van der Waals surface area contributed by atoms with Gasteiger partial charge in [-0.3, -0.25) is 4.79 Å². The minimum Gasteiger partial charge on any atom is -0.339 e. The van der Waals surface area contributed by atoms with Crippen molar-refractivity contribution in [3.63, 3.8) is 0 Å². The summed E-state index contributed by atoms with van der Waals surface area (Å²) in [5.41, 5.74) is 5.55. The first-order valence-corrected chi connectivity index (χ1v) is 6.10. The molecule has 1 amide bonds. The van der Waals surface area contributed by atoms with Gasteiger partial charge in [0, 0.05) is 19.1 Å². The molecule has 1 saturated carbocycles. The fourth-order valence-electron chi connectivity index (χ4n) is 2.53. The first kappa shape index (κ1) is 10.9.